The molecule has 0 aliphatic rings. The number of hydrogen-bond acceptors (Lipinski definition) is 7. The summed E-state index contributed by atoms with van der Waals surface area (Å²) in [6, 6.07) is 12.1. The number of imidazole rings is 1. The minimum atomic E-state index is 0.470. The second kappa shape index (κ2) is 9.50. The molecule has 2 aromatic heterocycles. The van der Waals surface area contributed by atoms with Crippen LogP contribution in [0.1, 0.15) is 19.4 Å². The van der Waals surface area contributed by atoms with E-state index in [0.29, 0.717) is 24.2 Å². The van der Waals surface area contributed by atoms with Crippen molar-refractivity contribution in [2.24, 2.45) is 7.05 Å². The fourth-order valence-electron chi connectivity index (χ4n) is 2.43. The number of rotatable bonds is 9. The monoisotopic (exact) mass is 385 g/mol. The van der Waals surface area contributed by atoms with Crippen molar-refractivity contribution in [1.29, 1.82) is 0 Å². The molecule has 3 rings (SSSR count). The van der Waals surface area contributed by atoms with Crippen LogP contribution in [0.4, 0.5) is 5.82 Å². The van der Waals surface area contributed by atoms with Gasteiger partial charge in [0.25, 0.3) is 0 Å². The number of nitrogens with zero attached hydrogens (tertiary/aromatic N) is 5. The van der Waals surface area contributed by atoms with E-state index < -0.39 is 0 Å². The van der Waals surface area contributed by atoms with Gasteiger partial charge in [-0.15, -0.1) is 5.23 Å². The number of hydrogen-bond donors (Lipinski definition) is 0. The predicted octanol–water partition coefficient (Wildman–Crippen LogP) is 3.88. The van der Waals surface area contributed by atoms with E-state index in [-0.39, 0.29) is 0 Å². The Kier molecular flexibility index (Phi) is 6.80. The topological polar surface area (TPSA) is 65.3 Å². The summed E-state index contributed by atoms with van der Waals surface area (Å²) in [7, 11) is 1.93. The maximum Gasteiger partial charge on any atom is 0.190 e. The third kappa shape index (κ3) is 5.06. The van der Waals surface area contributed by atoms with E-state index in [1.54, 1.807) is 24.3 Å². The molecule has 0 fully saturated rings. The van der Waals surface area contributed by atoms with Gasteiger partial charge in [-0.1, -0.05) is 42.1 Å². The molecule has 0 aliphatic heterocycles. The minimum absolute atomic E-state index is 0.470. The van der Waals surface area contributed by atoms with Gasteiger partial charge in [-0.2, -0.15) is 0 Å². The Hall–Kier alpha value is -2.42. The summed E-state index contributed by atoms with van der Waals surface area (Å²) in [6.45, 7) is 4.75. The van der Waals surface area contributed by atoms with E-state index >= 15 is 0 Å². The minimum Gasteiger partial charge on any atom is -0.332 e. The van der Waals surface area contributed by atoms with E-state index in [1.165, 1.54) is 10.8 Å². The Bertz CT molecular complexity index is 850. The molecule has 7 nitrogen and oxygen atoms in total. The first-order chi connectivity index (χ1) is 13.2. The lowest BCUT2D eigenvalue weighted by molar-refractivity contribution is -0.0835. The van der Waals surface area contributed by atoms with Gasteiger partial charge in [0, 0.05) is 18.9 Å². The van der Waals surface area contributed by atoms with Crippen LogP contribution in [0.15, 0.2) is 54.1 Å². The summed E-state index contributed by atoms with van der Waals surface area (Å²) in [5.41, 5.74) is 2.87. The van der Waals surface area contributed by atoms with Crippen molar-refractivity contribution in [3.05, 3.63) is 54.5 Å². The summed E-state index contributed by atoms with van der Waals surface area (Å²) in [6.07, 6.45) is 3.53. The fourth-order valence-corrected chi connectivity index (χ4v) is 3.24. The van der Waals surface area contributed by atoms with Crippen molar-refractivity contribution in [2.45, 2.75) is 24.8 Å². The number of benzene rings is 1. The smallest absolute Gasteiger partial charge is 0.190 e. The lowest BCUT2D eigenvalue weighted by Crippen LogP contribution is -2.25. The van der Waals surface area contributed by atoms with E-state index in [1.807, 2.05) is 49.7 Å². The molecule has 1 aromatic carbocycles. The molecule has 0 N–H and O–H groups in total. The van der Waals surface area contributed by atoms with Crippen LogP contribution in [-0.4, -0.2) is 32.7 Å². The molecule has 27 heavy (non-hydrogen) atoms. The Morgan fingerprint density at radius 3 is 2.44 bits per heavy atom. The largest absolute Gasteiger partial charge is 0.332 e. The first-order valence-electron chi connectivity index (χ1n) is 8.79. The number of thioether (sulfide) groups is 1. The van der Waals surface area contributed by atoms with Gasteiger partial charge in [-0.3, -0.25) is 0 Å². The Morgan fingerprint density at radius 2 is 1.81 bits per heavy atom. The van der Waals surface area contributed by atoms with Crippen molar-refractivity contribution in [3.8, 4) is 11.4 Å². The molecule has 8 heteroatoms. The van der Waals surface area contributed by atoms with Crippen molar-refractivity contribution in [3.63, 3.8) is 0 Å². The quantitative estimate of drug-likeness (QED) is 0.315. The molecule has 0 unspecified atom stereocenters. The van der Waals surface area contributed by atoms with Gasteiger partial charge in [-0.05, 0) is 19.4 Å². The first kappa shape index (κ1) is 19.3. The lowest BCUT2D eigenvalue weighted by atomic mass is 10.2. The van der Waals surface area contributed by atoms with Crippen molar-refractivity contribution < 1.29 is 9.68 Å². The zero-order valence-electron chi connectivity index (χ0n) is 15.7. The molecule has 0 radical (unpaired) electrons. The highest BCUT2D eigenvalue weighted by Gasteiger charge is 2.16. The second-order valence-corrected chi connectivity index (χ2v) is 6.59. The highest BCUT2D eigenvalue weighted by molar-refractivity contribution is 7.98. The van der Waals surface area contributed by atoms with Gasteiger partial charge in [0.05, 0.1) is 37.1 Å². The maximum atomic E-state index is 5.58. The summed E-state index contributed by atoms with van der Waals surface area (Å²) in [5.74, 6) is 1.33. The number of aryl methyl sites for hydroxylation is 1. The lowest BCUT2D eigenvalue weighted by Gasteiger charge is -2.21. The van der Waals surface area contributed by atoms with Crippen LogP contribution in [0, 0.1) is 0 Å². The Morgan fingerprint density at radius 1 is 1.07 bits per heavy atom. The van der Waals surface area contributed by atoms with Crippen LogP contribution in [0.25, 0.3) is 11.4 Å². The zero-order valence-corrected chi connectivity index (χ0v) is 16.5. The van der Waals surface area contributed by atoms with Gasteiger partial charge in [0.1, 0.15) is 0 Å². The third-order valence-corrected chi connectivity index (χ3v) is 4.58. The summed E-state index contributed by atoms with van der Waals surface area (Å²) in [4.78, 5) is 24.7. The molecule has 0 aliphatic carbocycles. The fraction of sp³-hybridized carbons (Fsp3) is 0.316. The highest BCUT2D eigenvalue weighted by Crippen LogP contribution is 2.27. The normalized spacial score (nSPS) is 10.9. The van der Waals surface area contributed by atoms with Crippen molar-refractivity contribution >= 4 is 17.6 Å². The highest BCUT2D eigenvalue weighted by atomic mass is 32.2. The molecule has 0 saturated heterocycles. The number of anilines is 1. The molecular formula is C19H23N5O2S. The predicted molar refractivity (Wildman–Crippen MR) is 106 cm³/mol. The standard InChI is InChI=1S/C19H23N5O2S/c1-4-25-24(26-5-2)18-11-16(17-12-20-14-23(17)3)21-19(22-18)27-13-15-9-7-6-8-10-15/h6-12,14H,4-5,13H2,1-3H3. The summed E-state index contributed by atoms with van der Waals surface area (Å²) in [5, 5.41) is 2.01. The SMILES string of the molecule is CCON(OCC)c1cc(-c2cncn2C)nc(SCc2ccccc2)n1. The van der Waals surface area contributed by atoms with Crippen LogP contribution in [-0.2, 0) is 22.5 Å². The molecule has 0 atom stereocenters. The molecule has 3 aromatic rings. The van der Waals surface area contributed by atoms with E-state index in [9.17, 15) is 0 Å². The average molecular weight is 385 g/mol. The molecular weight excluding hydrogens is 362 g/mol. The van der Waals surface area contributed by atoms with Crippen LogP contribution in [0.5, 0.6) is 0 Å². The van der Waals surface area contributed by atoms with Crippen molar-refractivity contribution in [1.82, 2.24) is 19.5 Å². The van der Waals surface area contributed by atoms with Gasteiger partial charge in [0.15, 0.2) is 11.0 Å². The van der Waals surface area contributed by atoms with Gasteiger partial charge in [-0.25, -0.2) is 24.6 Å². The second-order valence-electron chi connectivity index (χ2n) is 5.65. The molecule has 0 spiro atoms. The van der Waals surface area contributed by atoms with Gasteiger partial charge >= 0.3 is 0 Å². The molecule has 0 bridgehead atoms. The average Bonchev–Trinajstić information content (AvgIpc) is 3.13. The Balaban J connectivity index is 1.93. The van der Waals surface area contributed by atoms with Gasteiger partial charge in [0.2, 0.25) is 0 Å². The van der Waals surface area contributed by atoms with Crippen LogP contribution >= 0.6 is 11.8 Å². The molecule has 142 valence electrons. The van der Waals surface area contributed by atoms with Crippen LogP contribution in [0.2, 0.25) is 0 Å². The third-order valence-electron chi connectivity index (χ3n) is 3.66. The first-order valence-corrected chi connectivity index (χ1v) is 9.78. The van der Waals surface area contributed by atoms with Crippen LogP contribution < -0.4 is 5.23 Å². The van der Waals surface area contributed by atoms with E-state index in [2.05, 4.69) is 22.1 Å². The number of aromatic nitrogens is 4. The molecule has 2 heterocycles. The van der Waals surface area contributed by atoms with Crippen LogP contribution in [0.3, 0.4) is 0 Å². The van der Waals surface area contributed by atoms with E-state index in [0.717, 1.165) is 17.1 Å². The Labute approximate surface area is 163 Å². The van der Waals surface area contributed by atoms with Crippen molar-refractivity contribution in [2.75, 3.05) is 18.4 Å². The molecule has 0 saturated carbocycles. The zero-order chi connectivity index (χ0) is 19.1. The van der Waals surface area contributed by atoms with E-state index in [4.69, 9.17) is 14.7 Å². The maximum absolute atomic E-state index is 5.58. The molecule has 0 amide bonds. The van der Waals surface area contributed by atoms with Gasteiger partial charge < -0.3 is 4.57 Å². The summed E-state index contributed by atoms with van der Waals surface area (Å²) >= 11 is 1.57. The summed E-state index contributed by atoms with van der Waals surface area (Å²) < 4.78 is 1.92.